The number of amides is 1. The minimum Gasteiger partial charge on any atom is -0.367 e. The number of anilines is 2. The van der Waals surface area contributed by atoms with E-state index < -0.39 is 0 Å². The van der Waals surface area contributed by atoms with E-state index in [9.17, 15) is 9.18 Å². The zero-order valence-corrected chi connectivity index (χ0v) is 17.0. The number of hydrogen-bond acceptors (Lipinski definition) is 4. The summed E-state index contributed by atoms with van der Waals surface area (Å²) in [7, 11) is 0. The molecule has 0 saturated heterocycles. The van der Waals surface area contributed by atoms with Gasteiger partial charge in [-0.2, -0.15) is 0 Å². The van der Waals surface area contributed by atoms with Gasteiger partial charge in [0, 0.05) is 34.5 Å². The number of carbonyl (C=O) groups excluding carboxylic acids is 1. The molecule has 0 aliphatic heterocycles. The van der Waals surface area contributed by atoms with Crippen LogP contribution in [0, 0.1) is 18.7 Å². The average Bonchev–Trinajstić information content (AvgIpc) is 3.47. The van der Waals surface area contributed by atoms with Gasteiger partial charge >= 0.3 is 0 Å². The van der Waals surface area contributed by atoms with Gasteiger partial charge in [-0.05, 0) is 62.4 Å². The third-order valence-electron chi connectivity index (χ3n) is 6.09. The van der Waals surface area contributed by atoms with E-state index >= 15 is 0 Å². The zero-order valence-electron chi connectivity index (χ0n) is 17.0. The molecule has 2 saturated carbocycles. The van der Waals surface area contributed by atoms with Crippen LogP contribution in [0.1, 0.15) is 44.1 Å². The zero-order chi connectivity index (χ0) is 20.7. The summed E-state index contributed by atoms with van der Waals surface area (Å²) in [6.45, 7) is 1.96. The summed E-state index contributed by atoms with van der Waals surface area (Å²) in [5, 5.41) is 8.35. The topological polar surface area (TPSA) is 66.9 Å². The summed E-state index contributed by atoms with van der Waals surface area (Å²) in [4.78, 5) is 21.5. The highest BCUT2D eigenvalue weighted by atomic mass is 19.1. The number of benzene rings is 1. The van der Waals surface area contributed by atoms with Crippen molar-refractivity contribution < 1.29 is 9.18 Å². The van der Waals surface area contributed by atoms with Gasteiger partial charge in [0.25, 0.3) is 0 Å². The Hall–Kier alpha value is -3.02. The molecule has 0 atom stereocenters. The lowest BCUT2D eigenvalue weighted by molar-refractivity contribution is -0.117. The van der Waals surface area contributed by atoms with Gasteiger partial charge in [0.05, 0.1) is 5.69 Å². The number of nitrogens with one attached hydrogen (secondary N) is 2. The van der Waals surface area contributed by atoms with Crippen molar-refractivity contribution in [3.8, 4) is 11.3 Å². The van der Waals surface area contributed by atoms with Crippen LogP contribution < -0.4 is 10.6 Å². The molecule has 0 spiro atoms. The summed E-state index contributed by atoms with van der Waals surface area (Å²) in [6, 6.07) is 8.98. The van der Waals surface area contributed by atoms with E-state index in [-0.39, 0.29) is 17.6 Å². The lowest BCUT2D eigenvalue weighted by Crippen LogP contribution is -2.17. The highest BCUT2D eigenvalue weighted by Crippen LogP contribution is 2.34. The number of nitrogens with zero attached hydrogens (tertiary/aromatic N) is 2. The normalized spacial score (nSPS) is 16.7. The van der Waals surface area contributed by atoms with Gasteiger partial charge in [0.1, 0.15) is 17.5 Å². The van der Waals surface area contributed by atoms with Crippen LogP contribution >= 0.6 is 0 Å². The van der Waals surface area contributed by atoms with Gasteiger partial charge in [-0.3, -0.25) is 4.79 Å². The van der Waals surface area contributed by atoms with E-state index in [1.807, 2.05) is 19.1 Å². The Kier molecular flexibility index (Phi) is 4.85. The first-order chi connectivity index (χ1) is 14.6. The molecule has 6 heteroatoms. The largest absolute Gasteiger partial charge is 0.367 e. The molecule has 1 aromatic carbocycles. The van der Waals surface area contributed by atoms with Crippen LogP contribution in [-0.2, 0) is 4.79 Å². The molecule has 154 valence electrons. The summed E-state index contributed by atoms with van der Waals surface area (Å²) in [6.07, 6.45) is 8.31. The first kappa shape index (κ1) is 19.0. The van der Waals surface area contributed by atoms with E-state index in [0.29, 0.717) is 11.9 Å². The van der Waals surface area contributed by atoms with Crippen LogP contribution in [0.3, 0.4) is 0 Å². The number of halogens is 1. The van der Waals surface area contributed by atoms with Crippen LogP contribution in [0.5, 0.6) is 0 Å². The maximum absolute atomic E-state index is 13.9. The Morgan fingerprint density at radius 3 is 2.67 bits per heavy atom. The number of aromatic nitrogens is 2. The van der Waals surface area contributed by atoms with Crippen LogP contribution in [0.4, 0.5) is 16.0 Å². The van der Waals surface area contributed by atoms with E-state index in [0.717, 1.165) is 59.1 Å². The van der Waals surface area contributed by atoms with Gasteiger partial charge in [-0.15, -0.1) is 0 Å². The van der Waals surface area contributed by atoms with Gasteiger partial charge in [-0.1, -0.05) is 18.9 Å². The maximum atomic E-state index is 13.9. The number of fused-ring (bicyclic) bond motifs is 1. The number of carbonyl (C=O) groups is 1. The van der Waals surface area contributed by atoms with Crippen molar-refractivity contribution in [2.75, 3.05) is 10.6 Å². The van der Waals surface area contributed by atoms with Gasteiger partial charge in [0.2, 0.25) is 5.91 Å². The molecule has 5 nitrogen and oxygen atoms in total. The van der Waals surface area contributed by atoms with Crippen molar-refractivity contribution in [2.45, 2.75) is 51.5 Å². The standard InChI is InChI=1S/C24H25FN4O/c1-14-6-9-17(25)11-19(14)21-10-16-13-26-22(29-24(30)15-7-8-15)12-20(16)23(28-21)27-18-4-2-3-5-18/h6,9-13,15,18H,2-5,7-8H2,1H3,(H,27,28)(H,26,29,30). The molecule has 2 heterocycles. The van der Waals surface area contributed by atoms with E-state index in [4.69, 9.17) is 4.98 Å². The van der Waals surface area contributed by atoms with Gasteiger partial charge in [0.15, 0.2) is 0 Å². The van der Waals surface area contributed by atoms with Crippen LogP contribution in [0.25, 0.3) is 22.0 Å². The second kappa shape index (κ2) is 7.67. The lowest BCUT2D eigenvalue weighted by Gasteiger charge is -2.17. The minimum atomic E-state index is -0.279. The molecule has 2 N–H and O–H groups in total. The van der Waals surface area contributed by atoms with Crippen LogP contribution in [0.15, 0.2) is 36.5 Å². The first-order valence-electron chi connectivity index (χ1n) is 10.7. The third kappa shape index (κ3) is 3.86. The molecule has 2 fully saturated rings. The summed E-state index contributed by atoms with van der Waals surface area (Å²) >= 11 is 0. The molecule has 2 aliphatic rings. The van der Waals surface area contributed by atoms with Gasteiger partial charge in [-0.25, -0.2) is 14.4 Å². The predicted octanol–water partition coefficient (Wildman–Crippen LogP) is 5.45. The minimum absolute atomic E-state index is 0.0344. The average molecular weight is 404 g/mol. The fourth-order valence-electron chi connectivity index (χ4n) is 4.17. The molecule has 2 aliphatic carbocycles. The van der Waals surface area contributed by atoms with Gasteiger partial charge < -0.3 is 10.6 Å². The molecule has 0 unspecified atom stereocenters. The van der Waals surface area contributed by atoms with Crippen molar-refractivity contribution in [2.24, 2.45) is 5.92 Å². The first-order valence-corrected chi connectivity index (χ1v) is 10.7. The Labute approximate surface area is 175 Å². The monoisotopic (exact) mass is 404 g/mol. The lowest BCUT2D eigenvalue weighted by atomic mass is 10.0. The summed E-state index contributed by atoms with van der Waals surface area (Å²) in [5.41, 5.74) is 2.46. The Morgan fingerprint density at radius 1 is 1.10 bits per heavy atom. The highest BCUT2D eigenvalue weighted by Gasteiger charge is 2.30. The van der Waals surface area contributed by atoms with Crippen molar-refractivity contribution in [1.29, 1.82) is 0 Å². The second-order valence-corrected chi connectivity index (χ2v) is 8.50. The predicted molar refractivity (Wildman–Crippen MR) is 117 cm³/mol. The SMILES string of the molecule is Cc1ccc(F)cc1-c1cc2cnc(NC(=O)C3CC3)cc2c(NC2CCCC2)n1. The molecule has 1 amide bonds. The highest BCUT2D eigenvalue weighted by molar-refractivity contribution is 5.99. The van der Waals surface area contributed by atoms with E-state index in [1.165, 1.54) is 25.0 Å². The van der Waals surface area contributed by atoms with Crippen LogP contribution in [0.2, 0.25) is 0 Å². The van der Waals surface area contributed by atoms with Crippen LogP contribution in [-0.4, -0.2) is 21.9 Å². The quantitative estimate of drug-likeness (QED) is 0.594. The molecular formula is C24H25FN4O. The molecule has 2 aromatic heterocycles. The van der Waals surface area contributed by atoms with Crippen molar-refractivity contribution in [3.63, 3.8) is 0 Å². The van der Waals surface area contributed by atoms with E-state index in [1.54, 1.807) is 12.3 Å². The Bertz CT molecular complexity index is 1120. The van der Waals surface area contributed by atoms with Crippen molar-refractivity contribution in [3.05, 3.63) is 47.9 Å². The number of aryl methyl sites for hydroxylation is 1. The number of hydrogen-bond donors (Lipinski definition) is 2. The molecule has 5 rings (SSSR count). The van der Waals surface area contributed by atoms with Crippen molar-refractivity contribution in [1.82, 2.24) is 9.97 Å². The summed E-state index contributed by atoms with van der Waals surface area (Å²) < 4.78 is 13.9. The molecule has 0 radical (unpaired) electrons. The Balaban J connectivity index is 1.58. The van der Waals surface area contributed by atoms with E-state index in [2.05, 4.69) is 15.6 Å². The molecular weight excluding hydrogens is 379 g/mol. The number of pyridine rings is 2. The smallest absolute Gasteiger partial charge is 0.228 e. The number of rotatable bonds is 5. The second-order valence-electron chi connectivity index (χ2n) is 8.50. The third-order valence-corrected chi connectivity index (χ3v) is 6.09. The fourth-order valence-corrected chi connectivity index (χ4v) is 4.17. The summed E-state index contributed by atoms with van der Waals surface area (Å²) in [5.74, 6) is 1.19. The molecule has 30 heavy (non-hydrogen) atoms. The van der Waals surface area contributed by atoms with Crippen molar-refractivity contribution >= 4 is 28.3 Å². The Morgan fingerprint density at radius 2 is 1.90 bits per heavy atom. The molecule has 0 bridgehead atoms. The fraction of sp³-hybridized carbons (Fsp3) is 0.375. The maximum Gasteiger partial charge on any atom is 0.228 e. The molecule has 3 aromatic rings.